The predicted molar refractivity (Wildman–Crippen MR) is 127 cm³/mol. The second kappa shape index (κ2) is 8.99. The number of carbonyl (C=O) groups excluding carboxylic acids is 2. The Kier molecular flexibility index (Phi) is 5.75. The molecule has 33 heavy (non-hydrogen) atoms. The second-order valence-electron chi connectivity index (χ2n) is 7.67. The van der Waals surface area contributed by atoms with Gasteiger partial charge in [-0.1, -0.05) is 18.2 Å². The van der Waals surface area contributed by atoms with Crippen LogP contribution in [0.25, 0.3) is 22.2 Å². The van der Waals surface area contributed by atoms with Crippen LogP contribution >= 0.6 is 11.3 Å². The van der Waals surface area contributed by atoms with Gasteiger partial charge >= 0.3 is 5.97 Å². The summed E-state index contributed by atoms with van der Waals surface area (Å²) in [5, 5.41) is 5.76. The molecule has 2 aromatic heterocycles. The molecule has 1 aliphatic rings. The van der Waals surface area contributed by atoms with Crippen molar-refractivity contribution in [2.24, 2.45) is 0 Å². The number of carbonyl (C=O) groups is 2. The van der Waals surface area contributed by atoms with Crippen molar-refractivity contribution in [2.45, 2.75) is 19.3 Å². The van der Waals surface area contributed by atoms with Gasteiger partial charge in [0.25, 0.3) is 5.91 Å². The van der Waals surface area contributed by atoms with E-state index in [-0.39, 0.29) is 6.61 Å². The number of para-hydroxylation sites is 1. The molecule has 7 nitrogen and oxygen atoms in total. The lowest BCUT2D eigenvalue weighted by molar-refractivity contribution is -0.119. The summed E-state index contributed by atoms with van der Waals surface area (Å²) >= 11 is 1.31. The number of fused-ring (bicyclic) bond motifs is 2. The van der Waals surface area contributed by atoms with E-state index in [1.165, 1.54) is 11.3 Å². The number of ether oxygens (including phenoxy) is 2. The lowest BCUT2D eigenvalue weighted by atomic mass is 10.0. The molecular weight excluding hydrogens is 438 g/mol. The van der Waals surface area contributed by atoms with Gasteiger partial charge in [-0.3, -0.25) is 15.1 Å². The Morgan fingerprint density at radius 3 is 2.70 bits per heavy atom. The van der Waals surface area contributed by atoms with E-state index in [4.69, 9.17) is 9.47 Å². The first kappa shape index (κ1) is 21.1. The van der Waals surface area contributed by atoms with Gasteiger partial charge in [0.1, 0.15) is 5.75 Å². The number of esters is 1. The molecule has 0 aliphatic heterocycles. The number of aryl methyl sites for hydroxylation is 1. The topological polar surface area (TPSA) is 90.4 Å². The average molecular weight is 460 g/mol. The average Bonchev–Trinajstić information content (AvgIpc) is 3.50. The number of pyridine rings is 1. The summed E-state index contributed by atoms with van der Waals surface area (Å²) in [6.07, 6.45) is 2.60. The Morgan fingerprint density at radius 1 is 1.06 bits per heavy atom. The van der Waals surface area contributed by atoms with Crippen LogP contribution in [0.15, 0.2) is 53.9 Å². The van der Waals surface area contributed by atoms with E-state index in [0.717, 1.165) is 58.4 Å². The SMILES string of the molecule is COc1ccc(-c2csc(NC(=O)COC(=O)c3c4c(nc5ccccc35)CCC4)n2)cc1. The zero-order valence-corrected chi connectivity index (χ0v) is 18.8. The van der Waals surface area contributed by atoms with Crippen LogP contribution in [0.1, 0.15) is 28.0 Å². The molecule has 4 aromatic rings. The van der Waals surface area contributed by atoms with E-state index in [1.54, 1.807) is 7.11 Å². The van der Waals surface area contributed by atoms with E-state index < -0.39 is 11.9 Å². The normalized spacial score (nSPS) is 12.4. The van der Waals surface area contributed by atoms with Crippen LogP contribution in [0, 0.1) is 0 Å². The first-order valence-electron chi connectivity index (χ1n) is 10.6. The maximum Gasteiger partial charge on any atom is 0.339 e. The van der Waals surface area contributed by atoms with E-state index in [0.29, 0.717) is 10.7 Å². The minimum absolute atomic E-state index is 0.387. The molecule has 0 radical (unpaired) electrons. The first-order valence-corrected chi connectivity index (χ1v) is 11.5. The van der Waals surface area contributed by atoms with Gasteiger partial charge in [0, 0.05) is 22.0 Å². The fourth-order valence-electron chi connectivity index (χ4n) is 4.03. The van der Waals surface area contributed by atoms with E-state index >= 15 is 0 Å². The van der Waals surface area contributed by atoms with Gasteiger partial charge in [-0.2, -0.15) is 0 Å². The van der Waals surface area contributed by atoms with Crippen molar-refractivity contribution in [3.63, 3.8) is 0 Å². The van der Waals surface area contributed by atoms with Crippen LogP contribution in [-0.4, -0.2) is 35.6 Å². The molecule has 0 atom stereocenters. The number of hydrogen-bond donors (Lipinski definition) is 1. The van der Waals surface area contributed by atoms with Crippen molar-refractivity contribution in [1.29, 1.82) is 0 Å². The molecule has 1 N–H and O–H groups in total. The molecule has 0 bridgehead atoms. The van der Waals surface area contributed by atoms with Crippen LogP contribution in [0.5, 0.6) is 5.75 Å². The van der Waals surface area contributed by atoms with Crippen molar-refractivity contribution < 1.29 is 19.1 Å². The zero-order valence-electron chi connectivity index (χ0n) is 18.0. The Hall–Kier alpha value is -3.78. The Balaban J connectivity index is 1.26. The van der Waals surface area contributed by atoms with E-state index in [2.05, 4.69) is 15.3 Å². The highest BCUT2D eigenvalue weighted by molar-refractivity contribution is 7.14. The Morgan fingerprint density at radius 2 is 1.88 bits per heavy atom. The monoisotopic (exact) mass is 459 g/mol. The minimum atomic E-state index is -0.500. The van der Waals surface area contributed by atoms with Gasteiger partial charge in [-0.05, 0) is 55.2 Å². The van der Waals surface area contributed by atoms with E-state index in [9.17, 15) is 9.59 Å². The number of amides is 1. The number of thiazole rings is 1. The van der Waals surface area contributed by atoms with Gasteiger partial charge in [0.05, 0.1) is 23.9 Å². The van der Waals surface area contributed by atoms with Gasteiger partial charge in [0.15, 0.2) is 11.7 Å². The van der Waals surface area contributed by atoms with E-state index in [1.807, 2.05) is 53.9 Å². The molecule has 0 saturated heterocycles. The molecular formula is C25H21N3O4S. The van der Waals surface area contributed by atoms with Crippen LogP contribution in [0.4, 0.5) is 5.13 Å². The smallest absolute Gasteiger partial charge is 0.339 e. The van der Waals surface area contributed by atoms with Gasteiger partial charge < -0.3 is 9.47 Å². The molecule has 2 aromatic carbocycles. The van der Waals surface area contributed by atoms with Gasteiger partial charge in [0.2, 0.25) is 0 Å². The highest BCUT2D eigenvalue weighted by Gasteiger charge is 2.25. The van der Waals surface area contributed by atoms with Crippen molar-refractivity contribution in [1.82, 2.24) is 9.97 Å². The summed E-state index contributed by atoms with van der Waals surface area (Å²) in [6, 6.07) is 15.0. The third kappa shape index (κ3) is 4.29. The number of aromatic nitrogens is 2. The van der Waals surface area contributed by atoms with Crippen LogP contribution < -0.4 is 10.1 Å². The summed E-state index contributed by atoms with van der Waals surface area (Å²) < 4.78 is 10.6. The molecule has 2 heterocycles. The second-order valence-corrected chi connectivity index (χ2v) is 8.53. The lowest BCUT2D eigenvalue weighted by Crippen LogP contribution is -2.21. The number of benzene rings is 2. The first-order chi connectivity index (χ1) is 16.1. The molecule has 5 rings (SSSR count). The molecule has 8 heteroatoms. The summed E-state index contributed by atoms with van der Waals surface area (Å²) in [4.78, 5) is 34.5. The largest absolute Gasteiger partial charge is 0.497 e. The summed E-state index contributed by atoms with van der Waals surface area (Å²) in [6.45, 7) is -0.387. The van der Waals surface area contributed by atoms with Crippen LogP contribution in [0.3, 0.4) is 0 Å². The van der Waals surface area contributed by atoms with Crippen molar-refractivity contribution >= 4 is 39.2 Å². The standard InChI is InChI=1S/C25H21N3O4S/c1-31-16-11-9-15(10-12-16)21-14-33-25(27-21)28-22(29)13-32-24(30)23-17-5-2-3-7-19(17)26-20-8-4-6-18(20)23/h2-3,5,7,9-12,14H,4,6,8,13H2,1H3,(H,27,28,29). The fraction of sp³-hybridized carbons (Fsp3) is 0.200. The maximum atomic E-state index is 13.0. The molecule has 0 spiro atoms. The summed E-state index contributed by atoms with van der Waals surface area (Å²) in [5.41, 5.74) is 4.83. The fourth-order valence-corrected chi connectivity index (χ4v) is 4.76. The zero-order chi connectivity index (χ0) is 22.8. The van der Waals surface area contributed by atoms with Crippen molar-refractivity contribution in [3.8, 4) is 17.0 Å². The third-order valence-electron chi connectivity index (χ3n) is 5.59. The molecule has 0 saturated carbocycles. The Bertz CT molecular complexity index is 1350. The van der Waals surface area contributed by atoms with Gasteiger partial charge in [-0.25, -0.2) is 9.78 Å². The maximum absolute atomic E-state index is 13.0. The number of methoxy groups -OCH3 is 1. The van der Waals surface area contributed by atoms with Crippen LogP contribution in [-0.2, 0) is 22.4 Å². The quantitative estimate of drug-likeness (QED) is 0.422. The van der Waals surface area contributed by atoms with Crippen molar-refractivity contribution in [2.75, 3.05) is 19.0 Å². The molecule has 0 fully saturated rings. The molecule has 1 aliphatic carbocycles. The molecule has 0 unspecified atom stereocenters. The number of nitrogens with one attached hydrogen (secondary N) is 1. The molecule has 1 amide bonds. The number of hydrogen-bond acceptors (Lipinski definition) is 7. The number of anilines is 1. The summed E-state index contributed by atoms with van der Waals surface area (Å²) in [7, 11) is 1.61. The lowest BCUT2D eigenvalue weighted by Gasteiger charge is -2.12. The Labute approximate surface area is 194 Å². The minimum Gasteiger partial charge on any atom is -0.497 e. The number of rotatable bonds is 6. The predicted octanol–water partition coefficient (Wildman–Crippen LogP) is 4.65. The van der Waals surface area contributed by atoms with Crippen molar-refractivity contribution in [3.05, 3.63) is 70.7 Å². The highest BCUT2D eigenvalue weighted by Crippen LogP contribution is 2.30. The molecule has 166 valence electrons. The summed E-state index contributed by atoms with van der Waals surface area (Å²) in [5.74, 6) is -0.175. The number of nitrogens with zero attached hydrogens (tertiary/aromatic N) is 2. The highest BCUT2D eigenvalue weighted by atomic mass is 32.1. The van der Waals surface area contributed by atoms with Crippen LogP contribution in [0.2, 0.25) is 0 Å². The third-order valence-corrected chi connectivity index (χ3v) is 6.35. The van der Waals surface area contributed by atoms with Gasteiger partial charge in [-0.15, -0.1) is 11.3 Å².